The monoisotopic (exact) mass is 305 g/mol. The van der Waals surface area contributed by atoms with Crippen molar-refractivity contribution in [2.45, 2.75) is 44.8 Å². The minimum atomic E-state index is -1.43. The Hall–Kier alpha value is -0.423. The van der Waals surface area contributed by atoms with Crippen LogP contribution in [0.5, 0.6) is 0 Å². The molecule has 0 aromatic heterocycles. The first-order chi connectivity index (χ1) is 10.1. The third-order valence-electron chi connectivity index (χ3n) is 6.03. The molecule has 118 valence electrons. The van der Waals surface area contributed by atoms with Gasteiger partial charge in [0, 0.05) is 20.0 Å². The van der Waals surface area contributed by atoms with E-state index in [2.05, 4.69) is 59.5 Å². The van der Waals surface area contributed by atoms with Crippen LogP contribution in [0.15, 0.2) is 24.3 Å². The van der Waals surface area contributed by atoms with Crippen LogP contribution in [-0.2, 0) is 0 Å². The number of hydrogen-bond acceptors (Lipinski definition) is 3. The molecular formula is C17H31N3Si. The summed E-state index contributed by atoms with van der Waals surface area (Å²) in [6.07, 6.45) is 13.8. The number of allylic oxidation sites excluding steroid dienone is 4. The van der Waals surface area contributed by atoms with E-state index in [1.807, 2.05) is 0 Å². The number of nitrogens with zero attached hydrogens (tertiary/aromatic N) is 1. The van der Waals surface area contributed by atoms with Crippen molar-refractivity contribution in [1.29, 1.82) is 0 Å². The van der Waals surface area contributed by atoms with Crippen LogP contribution >= 0.6 is 0 Å². The third kappa shape index (κ3) is 2.91. The fourth-order valence-corrected chi connectivity index (χ4v) is 8.43. The zero-order valence-corrected chi connectivity index (χ0v) is 14.8. The predicted octanol–water partition coefficient (Wildman–Crippen LogP) is 3.11. The first kappa shape index (κ1) is 15.5. The molecule has 0 radical (unpaired) electrons. The molecule has 3 nitrogen and oxygen atoms in total. The molecule has 0 amide bonds. The van der Waals surface area contributed by atoms with Gasteiger partial charge in [0.25, 0.3) is 0 Å². The molecule has 0 aromatic rings. The summed E-state index contributed by atoms with van der Waals surface area (Å²) in [5.41, 5.74) is 0.891. The lowest BCUT2D eigenvalue weighted by atomic mass is 9.84. The Kier molecular flexibility index (Phi) is 4.69. The highest BCUT2D eigenvalue weighted by Crippen LogP contribution is 2.54. The molecule has 3 aliphatic rings. The predicted molar refractivity (Wildman–Crippen MR) is 92.2 cm³/mol. The molecule has 2 aliphatic carbocycles. The summed E-state index contributed by atoms with van der Waals surface area (Å²) in [5, 5.41) is 6.98. The average Bonchev–Trinajstić information content (AvgIpc) is 2.88. The van der Waals surface area contributed by atoms with E-state index in [0.717, 1.165) is 43.3 Å². The molecule has 0 bridgehead atoms. The molecule has 3 unspecified atom stereocenters. The van der Waals surface area contributed by atoms with Crippen molar-refractivity contribution in [1.82, 2.24) is 15.2 Å². The molecule has 2 N–H and O–H groups in total. The smallest absolute Gasteiger partial charge is 0.128 e. The first-order valence-electron chi connectivity index (χ1n) is 8.66. The maximum absolute atomic E-state index is 3.49. The summed E-state index contributed by atoms with van der Waals surface area (Å²) in [7, 11) is -1.43. The van der Waals surface area contributed by atoms with Gasteiger partial charge in [-0.1, -0.05) is 57.2 Å². The largest absolute Gasteiger partial charge is 0.299 e. The van der Waals surface area contributed by atoms with Gasteiger partial charge in [-0.05, 0) is 29.7 Å². The van der Waals surface area contributed by atoms with Gasteiger partial charge < -0.3 is 0 Å². The van der Waals surface area contributed by atoms with Crippen molar-refractivity contribution in [3.8, 4) is 0 Å². The van der Waals surface area contributed by atoms with Crippen molar-refractivity contribution in [3.05, 3.63) is 24.3 Å². The number of rotatable bonds is 4. The van der Waals surface area contributed by atoms with Gasteiger partial charge in [0.1, 0.15) is 8.24 Å². The highest BCUT2D eigenvalue weighted by atomic mass is 28.3. The third-order valence-corrected chi connectivity index (χ3v) is 10.4. The summed E-state index contributed by atoms with van der Waals surface area (Å²) < 4.78 is 2.72. The second kappa shape index (κ2) is 6.37. The quantitative estimate of drug-likeness (QED) is 0.782. The Balaban J connectivity index is 1.80. The van der Waals surface area contributed by atoms with Gasteiger partial charge in [0.15, 0.2) is 0 Å². The van der Waals surface area contributed by atoms with Crippen LogP contribution in [0.3, 0.4) is 0 Å². The van der Waals surface area contributed by atoms with Crippen molar-refractivity contribution >= 4 is 8.24 Å². The van der Waals surface area contributed by atoms with Crippen LogP contribution < -0.4 is 10.6 Å². The van der Waals surface area contributed by atoms with Gasteiger partial charge in [-0.2, -0.15) is 0 Å². The molecule has 1 heterocycles. The van der Waals surface area contributed by atoms with Crippen molar-refractivity contribution in [2.24, 2.45) is 17.8 Å². The lowest BCUT2D eigenvalue weighted by Crippen LogP contribution is -2.63. The topological polar surface area (TPSA) is 27.3 Å². The van der Waals surface area contributed by atoms with Crippen LogP contribution in [-0.4, -0.2) is 32.8 Å². The van der Waals surface area contributed by atoms with E-state index in [-0.39, 0.29) is 0 Å². The van der Waals surface area contributed by atoms with Crippen LogP contribution in [0.1, 0.15) is 26.2 Å². The summed E-state index contributed by atoms with van der Waals surface area (Å²) in [6, 6.07) is 0. The summed E-state index contributed by atoms with van der Waals surface area (Å²) >= 11 is 0. The zero-order valence-electron chi connectivity index (χ0n) is 13.8. The lowest BCUT2D eigenvalue weighted by Gasteiger charge is -2.45. The summed E-state index contributed by atoms with van der Waals surface area (Å²) in [4.78, 5) is 0. The molecule has 1 saturated heterocycles. The lowest BCUT2D eigenvalue weighted by molar-refractivity contribution is 0.283. The standard InChI is InChI=1S/C17H31N3Si/c1-4-7-14-10-17(16-9-6-5-8-15(14)16)21(2,3)20-12-18-11-19-13-20/h5-6,8-9,14-19H,4,7,10-13H2,1-3H3/t14-,15?,16?,17?/m0/s1. The molecular weight excluding hydrogens is 274 g/mol. The first-order valence-corrected chi connectivity index (χ1v) is 11.7. The van der Waals surface area contributed by atoms with E-state index in [4.69, 9.17) is 0 Å². The molecule has 1 saturated carbocycles. The van der Waals surface area contributed by atoms with Gasteiger partial charge in [-0.25, -0.2) is 0 Å². The molecule has 4 heteroatoms. The van der Waals surface area contributed by atoms with E-state index >= 15 is 0 Å². The summed E-state index contributed by atoms with van der Waals surface area (Å²) in [6.45, 7) is 10.6. The fourth-order valence-electron chi connectivity index (χ4n) is 4.76. The Morgan fingerprint density at radius 3 is 2.43 bits per heavy atom. The minimum absolute atomic E-state index is 0.787. The molecule has 0 spiro atoms. The zero-order chi connectivity index (χ0) is 14.9. The molecule has 4 atom stereocenters. The Morgan fingerprint density at radius 1 is 1.10 bits per heavy atom. The van der Waals surface area contributed by atoms with Crippen LogP contribution in [0.25, 0.3) is 0 Å². The van der Waals surface area contributed by atoms with Gasteiger partial charge in [-0.15, -0.1) is 0 Å². The highest BCUT2D eigenvalue weighted by molar-refractivity contribution is 6.76. The fraction of sp³-hybridized carbons (Fsp3) is 0.765. The summed E-state index contributed by atoms with van der Waals surface area (Å²) in [5.74, 6) is 2.50. The van der Waals surface area contributed by atoms with E-state index < -0.39 is 8.24 Å². The highest BCUT2D eigenvalue weighted by Gasteiger charge is 2.50. The van der Waals surface area contributed by atoms with Crippen molar-refractivity contribution in [3.63, 3.8) is 0 Å². The second-order valence-corrected chi connectivity index (χ2v) is 12.2. The molecule has 3 rings (SSSR count). The SMILES string of the molecule is CCC[C@H]1CC([Si](C)(C)N2CNCNC2)C2C=CC=CC21. The normalized spacial score (nSPS) is 36.9. The van der Waals surface area contributed by atoms with Gasteiger partial charge >= 0.3 is 0 Å². The maximum Gasteiger partial charge on any atom is 0.128 e. The number of nitrogens with one attached hydrogen (secondary N) is 2. The van der Waals surface area contributed by atoms with E-state index in [0.29, 0.717) is 0 Å². The minimum Gasteiger partial charge on any atom is -0.299 e. The Bertz CT molecular complexity index is 412. The second-order valence-electron chi connectivity index (χ2n) is 7.50. The van der Waals surface area contributed by atoms with Crippen LogP contribution in [0.4, 0.5) is 0 Å². The number of hydrogen-bond donors (Lipinski definition) is 2. The van der Waals surface area contributed by atoms with Gasteiger partial charge in [-0.3, -0.25) is 15.2 Å². The van der Waals surface area contributed by atoms with Crippen molar-refractivity contribution < 1.29 is 0 Å². The van der Waals surface area contributed by atoms with Gasteiger partial charge in [0.2, 0.25) is 0 Å². The average molecular weight is 306 g/mol. The van der Waals surface area contributed by atoms with Crippen molar-refractivity contribution in [2.75, 3.05) is 20.0 Å². The Labute approximate surface area is 131 Å². The van der Waals surface area contributed by atoms with E-state index in [1.54, 1.807) is 0 Å². The van der Waals surface area contributed by atoms with Crippen LogP contribution in [0, 0.1) is 17.8 Å². The van der Waals surface area contributed by atoms with Gasteiger partial charge in [0.05, 0.1) is 0 Å². The molecule has 21 heavy (non-hydrogen) atoms. The van der Waals surface area contributed by atoms with Crippen LogP contribution in [0.2, 0.25) is 18.6 Å². The molecule has 0 aromatic carbocycles. The molecule has 1 aliphatic heterocycles. The van der Waals surface area contributed by atoms with E-state index in [1.165, 1.54) is 19.3 Å². The number of fused-ring (bicyclic) bond motifs is 1. The molecule has 2 fully saturated rings. The maximum atomic E-state index is 3.49. The Morgan fingerprint density at radius 2 is 1.76 bits per heavy atom. The van der Waals surface area contributed by atoms with E-state index in [9.17, 15) is 0 Å².